The van der Waals surface area contributed by atoms with Gasteiger partial charge >= 0.3 is 0 Å². The summed E-state index contributed by atoms with van der Waals surface area (Å²) in [7, 11) is 0. The van der Waals surface area contributed by atoms with E-state index in [2.05, 4.69) is 66.1 Å². The number of benzene rings is 3. The summed E-state index contributed by atoms with van der Waals surface area (Å²) in [5, 5.41) is 17.7. The van der Waals surface area contributed by atoms with Crippen molar-refractivity contribution in [3.05, 3.63) is 82.0 Å². The van der Waals surface area contributed by atoms with Gasteiger partial charge in [-0.3, -0.25) is 5.10 Å². The van der Waals surface area contributed by atoms with Crippen LogP contribution in [0.1, 0.15) is 5.56 Å². The molecule has 0 fully saturated rings. The van der Waals surface area contributed by atoms with Crippen LogP contribution in [0.25, 0.3) is 32.7 Å². The van der Waals surface area contributed by atoms with Crippen molar-refractivity contribution in [1.82, 2.24) is 25.1 Å². The molecule has 0 aliphatic heterocycles. The number of rotatable bonds is 6. The second kappa shape index (κ2) is 8.62. The van der Waals surface area contributed by atoms with Crippen LogP contribution < -0.4 is 10.6 Å². The molecule has 3 heterocycles. The van der Waals surface area contributed by atoms with Crippen LogP contribution in [0.2, 0.25) is 5.02 Å². The molecule has 0 saturated heterocycles. The first-order valence-corrected chi connectivity index (χ1v) is 12.0. The Kier molecular flexibility index (Phi) is 5.31. The monoisotopic (exact) mass is 531 g/mol. The van der Waals surface area contributed by atoms with Crippen LogP contribution in [-0.2, 0) is 6.42 Å². The first kappa shape index (κ1) is 20.9. The van der Waals surface area contributed by atoms with E-state index in [1.807, 2.05) is 36.4 Å². The van der Waals surface area contributed by atoms with Crippen LogP contribution >= 0.6 is 27.5 Å². The molecule has 4 N–H and O–H groups in total. The third kappa shape index (κ3) is 3.95. The predicted molar refractivity (Wildman–Crippen MR) is 142 cm³/mol. The Hall–Kier alpha value is -3.62. The normalized spacial score (nSPS) is 11.5. The molecule has 0 spiro atoms. The van der Waals surface area contributed by atoms with Crippen LogP contribution in [0.5, 0.6) is 0 Å². The van der Waals surface area contributed by atoms with Crippen molar-refractivity contribution < 1.29 is 0 Å². The number of H-pyrrole nitrogens is 2. The van der Waals surface area contributed by atoms with Crippen molar-refractivity contribution in [2.45, 2.75) is 6.42 Å². The third-order valence-corrected chi connectivity index (χ3v) is 6.64. The van der Waals surface area contributed by atoms with Gasteiger partial charge in [-0.1, -0.05) is 29.8 Å². The van der Waals surface area contributed by atoms with E-state index in [9.17, 15) is 0 Å². The summed E-state index contributed by atoms with van der Waals surface area (Å²) in [4.78, 5) is 12.8. The van der Waals surface area contributed by atoms with E-state index in [4.69, 9.17) is 21.6 Å². The Bertz CT molecular complexity index is 1660. The highest BCUT2D eigenvalue weighted by molar-refractivity contribution is 9.10. The minimum Gasteiger partial charge on any atom is -0.369 e. The Morgan fingerprint density at radius 3 is 2.85 bits per heavy atom. The van der Waals surface area contributed by atoms with Crippen molar-refractivity contribution >= 4 is 77.7 Å². The summed E-state index contributed by atoms with van der Waals surface area (Å²) in [5.74, 6) is 1.23. The van der Waals surface area contributed by atoms with Gasteiger partial charge in [-0.05, 0) is 64.3 Å². The molecule has 0 saturated carbocycles. The number of para-hydroxylation sites is 1. The van der Waals surface area contributed by atoms with Gasteiger partial charge in [0.05, 0.1) is 17.2 Å². The Morgan fingerprint density at radius 2 is 1.91 bits per heavy atom. The van der Waals surface area contributed by atoms with Crippen LogP contribution in [0, 0.1) is 0 Å². The molecule has 0 atom stereocenters. The summed E-state index contributed by atoms with van der Waals surface area (Å²) in [6.45, 7) is 0.715. The van der Waals surface area contributed by atoms with Crippen molar-refractivity contribution in [3.63, 3.8) is 0 Å². The minimum atomic E-state index is 0.499. The van der Waals surface area contributed by atoms with Gasteiger partial charge in [0, 0.05) is 49.6 Å². The van der Waals surface area contributed by atoms with E-state index in [1.54, 1.807) is 6.20 Å². The number of nitrogens with zero attached hydrogens (tertiary/aromatic N) is 3. The number of aromatic amines is 2. The van der Waals surface area contributed by atoms with Gasteiger partial charge in [0.25, 0.3) is 0 Å². The van der Waals surface area contributed by atoms with Crippen LogP contribution in [-0.4, -0.2) is 31.7 Å². The first-order valence-electron chi connectivity index (χ1n) is 10.8. The Balaban J connectivity index is 1.30. The highest BCUT2D eigenvalue weighted by Crippen LogP contribution is 2.30. The first-order chi connectivity index (χ1) is 16.6. The molecule has 34 heavy (non-hydrogen) atoms. The molecule has 0 bridgehead atoms. The highest BCUT2D eigenvalue weighted by Gasteiger charge is 2.11. The zero-order chi connectivity index (χ0) is 23.1. The SMILES string of the molecule is Clc1ccc2nc(Nc3cc(Br)c4[nH]ncc4c3)nc(NCCc3c[nH]c4ccccc34)c2c1. The van der Waals surface area contributed by atoms with E-state index >= 15 is 0 Å². The van der Waals surface area contributed by atoms with Gasteiger partial charge in [0.1, 0.15) is 5.82 Å². The van der Waals surface area contributed by atoms with Gasteiger partial charge in [0.15, 0.2) is 0 Å². The Labute approximate surface area is 208 Å². The lowest BCUT2D eigenvalue weighted by Crippen LogP contribution is -2.09. The van der Waals surface area contributed by atoms with E-state index in [0.29, 0.717) is 17.5 Å². The lowest BCUT2D eigenvalue weighted by Gasteiger charge is -2.12. The van der Waals surface area contributed by atoms with E-state index < -0.39 is 0 Å². The molecule has 168 valence electrons. The number of halogens is 2. The molecule has 9 heteroatoms. The molecule has 0 aliphatic carbocycles. The van der Waals surface area contributed by atoms with Gasteiger partial charge in [-0.25, -0.2) is 4.98 Å². The van der Waals surface area contributed by atoms with Crippen molar-refractivity contribution in [2.24, 2.45) is 0 Å². The molecule has 0 amide bonds. The van der Waals surface area contributed by atoms with E-state index in [0.717, 1.165) is 49.7 Å². The average molecular weight is 533 g/mol. The maximum absolute atomic E-state index is 6.29. The maximum atomic E-state index is 6.29. The quantitative estimate of drug-likeness (QED) is 0.189. The number of aromatic nitrogens is 5. The van der Waals surface area contributed by atoms with Crippen molar-refractivity contribution in [2.75, 3.05) is 17.2 Å². The van der Waals surface area contributed by atoms with E-state index in [1.165, 1.54) is 10.9 Å². The zero-order valence-electron chi connectivity index (χ0n) is 17.9. The van der Waals surface area contributed by atoms with Crippen LogP contribution in [0.4, 0.5) is 17.5 Å². The number of anilines is 3. The smallest absolute Gasteiger partial charge is 0.229 e. The molecule has 6 rings (SSSR count). The Morgan fingerprint density at radius 1 is 1.00 bits per heavy atom. The van der Waals surface area contributed by atoms with Crippen molar-refractivity contribution in [1.29, 1.82) is 0 Å². The third-order valence-electron chi connectivity index (χ3n) is 5.78. The lowest BCUT2D eigenvalue weighted by molar-refractivity contribution is 1.01. The van der Waals surface area contributed by atoms with Gasteiger partial charge in [-0.15, -0.1) is 0 Å². The maximum Gasteiger partial charge on any atom is 0.229 e. The summed E-state index contributed by atoms with van der Waals surface area (Å²) in [6.07, 6.45) is 4.70. The molecule has 6 aromatic rings. The van der Waals surface area contributed by atoms with Crippen molar-refractivity contribution in [3.8, 4) is 0 Å². The van der Waals surface area contributed by atoms with Gasteiger partial charge in [0.2, 0.25) is 5.95 Å². The molecule has 0 radical (unpaired) electrons. The zero-order valence-corrected chi connectivity index (χ0v) is 20.2. The highest BCUT2D eigenvalue weighted by atomic mass is 79.9. The number of hydrogen-bond acceptors (Lipinski definition) is 5. The summed E-state index contributed by atoms with van der Waals surface area (Å²) in [5.41, 5.74) is 5.01. The number of hydrogen-bond donors (Lipinski definition) is 4. The van der Waals surface area contributed by atoms with Crippen LogP contribution in [0.15, 0.2) is 71.5 Å². The van der Waals surface area contributed by atoms with Gasteiger partial charge < -0.3 is 15.6 Å². The molecule has 3 aromatic carbocycles. The molecular formula is C25H19BrClN7. The number of fused-ring (bicyclic) bond motifs is 3. The lowest BCUT2D eigenvalue weighted by atomic mass is 10.1. The standard InChI is InChI=1S/C25H19BrClN7/c26-20-11-17(9-15-13-30-34-23(15)20)31-25-32-22-6-5-16(27)10-19(22)24(33-25)28-8-7-14-12-29-21-4-2-1-3-18(14)21/h1-6,9-13,29H,7-8H2,(H,30,34)(H2,28,31,32,33). The second-order valence-corrected chi connectivity index (χ2v) is 9.30. The molecular weight excluding hydrogens is 514 g/mol. The van der Waals surface area contributed by atoms with E-state index in [-0.39, 0.29) is 0 Å². The summed E-state index contributed by atoms with van der Waals surface area (Å²) in [6, 6.07) is 17.9. The number of nitrogens with one attached hydrogen (secondary N) is 4. The fourth-order valence-electron chi connectivity index (χ4n) is 4.16. The minimum absolute atomic E-state index is 0.499. The predicted octanol–water partition coefficient (Wildman–Crippen LogP) is 6.80. The largest absolute Gasteiger partial charge is 0.369 e. The topological polar surface area (TPSA) is 94.3 Å². The average Bonchev–Trinajstić information content (AvgIpc) is 3.47. The summed E-state index contributed by atoms with van der Waals surface area (Å²) < 4.78 is 0.912. The molecule has 7 nitrogen and oxygen atoms in total. The molecule has 3 aromatic heterocycles. The van der Waals surface area contributed by atoms with Crippen LogP contribution in [0.3, 0.4) is 0 Å². The molecule has 0 aliphatic rings. The second-order valence-electron chi connectivity index (χ2n) is 8.01. The fourth-order valence-corrected chi connectivity index (χ4v) is 4.90. The van der Waals surface area contributed by atoms with Gasteiger partial charge in [-0.2, -0.15) is 10.1 Å². The summed E-state index contributed by atoms with van der Waals surface area (Å²) >= 11 is 9.88. The fraction of sp³-hybridized carbons (Fsp3) is 0.0800. The molecule has 0 unspecified atom stereocenters.